The Morgan fingerprint density at radius 1 is 1.73 bits per heavy atom. The van der Waals surface area contributed by atoms with Gasteiger partial charge in [-0.25, -0.2) is 4.79 Å². The Morgan fingerprint density at radius 2 is 2.55 bits per heavy atom. The van der Waals surface area contributed by atoms with E-state index in [0.29, 0.717) is 0 Å². The normalized spacial score (nSPS) is 19.6. The molecule has 0 aliphatic carbocycles. The zero-order chi connectivity index (χ0) is 8.10. The number of rotatable bonds is 3. The van der Waals surface area contributed by atoms with Crippen LogP contribution in [0.15, 0.2) is 12.2 Å². The lowest BCUT2D eigenvalue weighted by molar-refractivity contribution is -0.131. The van der Waals surface area contributed by atoms with Gasteiger partial charge in [-0.15, -0.1) is 11.8 Å². The molecule has 0 amide bonds. The number of hydrogen-bond donors (Lipinski definition) is 1. The first-order chi connectivity index (χ1) is 5.29. The van der Waals surface area contributed by atoms with Crippen molar-refractivity contribution in [3.8, 4) is 0 Å². The molecular formula is C7H11NO2S. The maximum Gasteiger partial charge on any atom is 0.328 e. The second-order valence-corrected chi connectivity index (χ2v) is 3.43. The molecule has 0 bridgehead atoms. The third-order valence-corrected chi connectivity index (χ3v) is 2.47. The van der Waals surface area contributed by atoms with Crippen LogP contribution in [0.25, 0.3) is 0 Å². The van der Waals surface area contributed by atoms with Crippen LogP contribution in [-0.4, -0.2) is 40.7 Å². The molecule has 1 heterocycles. The monoisotopic (exact) mass is 173 g/mol. The summed E-state index contributed by atoms with van der Waals surface area (Å²) in [6.45, 7) is 1.84. The number of carboxylic acid groups (broad SMARTS) is 1. The van der Waals surface area contributed by atoms with E-state index < -0.39 is 5.97 Å². The highest BCUT2D eigenvalue weighted by molar-refractivity contribution is 7.99. The lowest BCUT2D eigenvalue weighted by atomic mass is 10.4. The van der Waals surface area contributed by atoms with Crippen molar-refractivity contribution in [2.75, 3.05) is 24.7 Å². The Kier molecular flexibility index (Phi) is 3.45. The Labute approximate surface area is 70.1 Å². The van der Waals surface area contributed by atoms with E-state index in [-0.39, 0.29) is 0 Å². The molecule has 3 nitrogen and oxygen atoms in total. The van der Waals surface area contributed by atoms with Crippen LogP contribution >= 0.6 is 11.8 Å². The van der Waals surface area contributed by atoms with Gasteiger partial charge in [-0.05, 0) is 0 Å². The first kappa shape index (κ1) is 8.62. The summed E-state index contributed by atoms with van der Waals surface area (Å²) in [7, 11) is 0. The van der Waals surface area contributed by atoms with E-state index in [2.05, 4.69) is 4.90 Å². The molecule has 0 radical (unpaired) electrons. The van der Waals surface area contributed by atoms with E-state index in [1.807, 2.05) is 11.8 Å². The van der Waals surface area contributed by atoms with Gasteiger partial charge in [0.15, 0.2) is 0 Å². The molecule has 4 heteroatoms. The van der Waals surface area contributed by atoms with E-state index in [0.717, 1.165) is 19.0 Å². The summed E-state index contributed by atoms with van der Waals surface area (Å²) >= 11 is 1.89. The standard InChI is InChI=1S/C7H11NO2S/c9-7(10)2-1-3-8-4-5-11-6-8/h1-2H,3-6H2,(H,9,10)/b2-1+. The van der Waals surface area contributed by atoms with Crippen molar-refractivity contribution < 1.29 is 9.90 Å². The highest BCUT2D eigenvalue weighted by Gasteiger charge is 2.08. The number of nitrogens with zero attached hydrogens (tertiary/aromatic N) is 1. The highest BCUT2D eigenvalue weighted by atomic mass is 32.2. The zero-order valence-corrected chi connectivity index (χ0v) is 7.01. The first-order valence-electron chi connectivity index (χ1n) is 3.48. The van der Waals surface area contributed by atoms with Gasteiger partial charge in [0, 0.05) is 30.8 Å². The Hall–Kier alpha value is -0.480. The fourth-order valence-electron chi connectivity index (χ4n) is 0.898. The van der Waals surface area contributed by atoms with Crippen LogP contribution in [0, 0.1) is 0 Å². The summed E-state index contributed by atoms with van der Waals surface area (Å²) < 4.78 is 0. The average Bonchev–Trinajstić information content (AvgIpc) is 2.39. The molecule has 1 aliphatic heterocycles. The van der Waals surface area contributed by atoms with Crippen molar-refractivity contribution in [2.45, 2.75) is 0 Å². The van der Waals surface area contributed by atoms with E-state index in [1.54, 1.807) is 6.08 Å². The van der Waals surface area contributed by atoms with Gasteiger partial charge in [-0.3, -0.25) is 4.90 Å². The first-order valence-corrected chi connectivity index (χ1v) is 4.64. The van der Waals surface area contributed by atoms with E-state index in [9.17, 15) is 4.79 Å². The molecule has 0 aromatic carbocycles. The molecule has 0 saturated carbocycles. The van der Waals surface area contributed by atoms with Crippen molar-refractivity contribution in [3.63, 3.8) is 0 Å². The average molecular weight is 173 g/mol. The van der Waals surface area contributed by atoms with Crippen molar-refractivity contribution in [1.82, 2.24) is 4.90 Å². The van der Waals surface area contributed by atoms with Gasteiger partial charge in [-0.2, -0.15) is 0 Å². The topological polar surface area (TPSA) is 40.5 Å². The quantitative estimate of drug-likeness (QED) is 0.636. The molecule has 1 fully saturated rings. The fourth-order valence-corrected chi connectivity index (χ4v) is 1.91. The second kappa shape index (κ2) is 4.41. The molecular weight excluding hydrogens is 162 g/mol. The summed E-state index contributed by atoms with van der Waals surface area (Å²) in [4.78, 5) is 12.3. The number of aliphatic carboxylic acids is 1. The molecule has 11 heavy (non-hydrogen) atoms. The maximum absolute atomic E-state index is 10.1. The molecule has 1 saturated heterocycles. The largest absolute Gasteiger partial charge is 0.478 e. The summed E-state index contributed by atoms with van der Waals surface area (Å²) in [6, 6.07) is 0. The molecule has 0 unspecified atom stereocenters. The molecule has 62 valence electrons. The molecule has 0 aromatic rings. The van der Waals surface area contributed by atoms with Gasteiger partial charge in [0.25, 0.3) is 0 Å². The summed E-state index contributed by atoms with van der Waals surface area (Å²) in [5.74, 6) is 1.34. The predicted octanol–water partition coefficient (Wildman–Crippen LogP) is 0.633. The maximum atomic E-state index is 10.1. The van der Waals surface area contributed by atoms with E-state index >= 15 is 0 Å². The molecule has 0 aromatic heterocycles. The fraction of sp³-hybridized carbons (Fsp3) is 0.571. The van der Waals surface area contributed by atoms with Gasteiger partial charge in [0.1, 0.15) is 0 Å². The van der Waals surface area contributed by atoms with Crippen molar-refractivity contribution in [3.05, 3.63) is 12.2 Å². The van der Waals surface area contributed by atoms with Gasteiger partial charge in [0.2, 0.25) is 0 Å². The third kappa shape index (κ3) is 3.43. The van der Waals surface area contributed by atoms with E-state index in [1.165, 1.54) is 11.8 Å². The minimum absolute atomic E-state index is 0.763. The van der Waals surface area contributed by atoms with Gasteiger partial charge < -0.3 is 5.11 Å². The summed E-state index contributed by atoms with van der Waals surface area (Å²) in [5, 5.41) is 8.28. The molecule has 1 aliphatic rings. The smallest absolute Gasteiger partial charge is 0.328 e. The van der Waals surface area contributed by atoms with Crippen LogP contribution in [-0.2, 0) is 4.79 Å². The Bertz CT molecular complexity index is 164. The minimum Gasteiger partial charge on any atom is -0.478 e. The zero-order valence-electron chi connectivity index (χ0n) is 6.19. The molecule has 1 N–H and O–H groups in total. The highest BCUT2D eigenvalue weighted by Crippen LogP contribution is 2.12. The Balaban J connectivity index is 2.15. The van der Waals surface area contributed by atoms with E-state index in [4.69, 9.17) is 5.11 Å². The number of hydrogen-bond acceptors (Lipinski definition) is 3. The van der Waals surface area contributed by atoms with Gasteiger partial charge in [-0.1, -0.05) is 6.08 Å². The summed E-state index contributed by atoms with van der Waals surface area (Å²) in [5.41, 5.74) is 0. The number of carboxylic acids is 1. The van der Waals surface area contributed by atoms with Gasteiger partial charge >= 0.3 is 5.97 Å². The lowest BCUT2D eigenvalue weighted by Crippen LogP contribution is -2.19. The lowest BCUT2D eigenvalue weighted by Gasteiger charge is -2.08. The van der Waals surface area contributed by atoms with Crippen LogP contribution < -0.4 is 0 Å². The van der Waals surface area contributed by atoms with Crippen LogP contribution in [0.1, 0.15) is 0 Å². The second-order valence-electron chi connectivity index (χ2n) is 2.35. The van der Waals surface area contributed by atoms with Crippen LogP contribution in [0.3, 0.4) is 0 Å². The SMILES string of the molecule is O=C(O)/C=C/CN1CCSC1. The predicted molar refractivity (Wildman–Crippen MR) is 45.7 cm³/mol. The van der Waals surface area contributed by atoms with Crippen LogP contribution in [0.5, 0.6) is 0 Å². The molecule has 1 rings (SSSR count). The van der Waals surface area contributed by atoms with Crippen molar-refractivity contribution in [1.29, 1.82) is 0 Å². The van der Waals surface area contributed by atoms with Gasteiger partial charge in [0.05, 0.1) is 0 Å². The minimum atomic E-state index is -0.864. The third-order valence-electron chi connectivity index (χ3n) is 1.45. The van der Waals surface area contributed by atoms with Crippen LogP contribution in [0.2, 0.25) is 0 Å². The summed E-state index contributed by atoms with van der Waals surface area (Å²) in [6.07, 6.45) is 2.89. The molecule has 0 atom stereocenters. The molecule has 0 spiro atoms. The Morgan fingerprint density at radius 3 is 3.09 bits per heavy atom. The van der Waals surface area contributed by atoms with Crippen molar-refractivity contribution >= 4 is 17.7 Å². The van der Waals surface area contributed by atoms with Crippen molar-refractivity contribution in [2.24, 2.45) is 0 Å². The number of carbonyl (C=O) groups is 1. The van der Waals surface area contributed by atoms with Crippen LogP contribution in [0.4, 0.5) is 0 Å². The number of thioether (sulfide) groups is 1.